The Morgan fingerprint density at radius 3 is 2.48 bits per heavy atom. The molecule has 3 N–H and O–H groups in total. The molecule has 0 aliphatic rings. The number of nitrogens with zero attached hydrogens (tertiary/aromatic N) is 3. The number of carboxylic acid groups (broad SMARTS) is 1. The summed E-state index contributed by atoms with van der Waals surface area (Å²) in [6.07, 6.45) is 3.45. The van der Waals surface area contributed by atoms with E-state index >= 15 is 0 Å². The normalized spacial score (nSPS) is 10.5. The number of aryl methyl sites for hydroxylation is 1. The molecule has 4 aromatic rings. The summed E-state index contributed by atoms with van der Waals surface area (Å²) in [6.45, 7) is 2.18. The summed E-state index contributed by atoms with van der Waals surface area (Å²) in [5.74, 6) is -2.07. The Bertz CT molecular complexity index is 1430. The second-order valence-corrected chi connectivity index (χ2v) is 7.80. The SMILES string of the molecule is Cc1ccc(-n2cc(Cn3c(=O)c(O)c(C(=O)O)c4sccc43)cn2)cc1.N=S(=O)=O. The van der Waals surface area contributed by atoms with Crippen LogP contribution in [0.4, 0.5) is 0 Å². The fraction of sp³-hybridized carbons (Fsp3) is 0.105. The highest BCUT2D eigenvalue weighted by atomic mass is 32.2. The van der Waals surface area contributed by atoms with Crippen molar-refractivity contribution in [3.63, 3.8) is 0 Å². The smallest absolute Gasteiger partial charge is 0.341 e. The van der Waals surface area contributed by atoms with Gasteiger partial charge in [0.15, 0.2) is 5.75 Å². The first-order chi connectivity index (χ1) is 14.7. The lowest BCUT2D eigenvalue weighted by molar-refractivity contribution is 0.0695. The van der Waals surface area contributed by atoms with Crippen molar-refractivity contribution in [1.29, 1.82) is 4.78 Å². The largest absolute Gasteiger partial charge is 0.502 e. The molecule has 0 aliphatic heterocycles. The van der Waals surface area contributed by atoms with Gasteiger partial charge in [0.2, 0.25) is 0 Å². The molecule has 0 saturated heterocycles. The minimum absolute atomic E-state index is 0.172. The van der Waals surface area contributed by atoms with Gasteiger partial charge in [0.1, 0.15) is 5.56 Å². The molecule has 0 unspecified atom stereocenters. The first-order valence-electron chi connectivity index (χ1n) is 8.66. The molecule has 0 radical (unpaired) electrons. The average Bonchev–Trinajstić information content (AvgIpc) is 3.35. The summed E-state index contributed by atoms with van der Waals surface area (Å²) in [6, 6.07) is 9.54. The lowest BCUT2D eigenvalue weighted by Crippen LogP contribution is -2.22. The van der Waals surface area contributed by atoms with Gasteiger partial charge in [-0.05, 0) is 30.5 Å². The number of pyridine rings is 1. The summed E-state index contributed by atoms with van der Waals surface area (Å²) in [5, 5.41) is 25.5. The number of fused-ring (bicyclic) bond motifs is 1. The predicted molar refractivity (Wildman–Crippen MR) is 114 cm³/mol. The molecule has 0 saturated carbocycles. The number of thiophene rings is 1. The number of aromatic hydroxyl groups is 1. The van der Waals surface area contributed by atoms with Crippen LogP contribution in [0.25, 0.3) is 15.9 Å². The Kier molecular flexibility index (Phi) is 6.32. The molecule has 31 heavy (non-hydrogen) atoms. The minimum atomic E-state index is -2.61. The van der Waals surface area contributed by atoms with Crippen LogP contribution in [0.1, 0.15) is 21.5 Å². The third-order valence-corrected chi connectivity index (χ3v) is 5.26. The van der Waals surface area contributed by atoms with Gasteiger partial charge in [-0.25, -0.2) is 9.48 Å². The van der Waals surface area contributed by atoms with Crippen molar-refractivity contribution in [2.24, 2.45) is 0 Å². The molecule has 0 aliphatic carbocycles. The summed E-state index contributed by atoms with van der Waals surface area (Å²) < 4.78 is 26.3. The quantitative estimate of drug-likeness (QED) is 0.423. The number of carbonyl (C=O) groups is 1. The maximum absolute atomic E-state index is 12.6. The molecular formula is C19H16N4O6S2. The standard InChI is InChI=1S/C19H15N3O4S.HNO2S/c1-11-2-4-13(5-3-11)22-10-12(8-20-22)9-21-14-6-7-27-17(14)15(19(25)26)16(23)18(21)24;1-4(2)3/h2-8,10,23H,9H2,1H3,(H,25,26);1H. The molecule has 3 aromatic heterocycles. The molecule has 1 aromatic carbocycles. The van der Waals surface area contributed by atoms with Crippen LogP contribution in [0.3, 0.4) is 0 Å². The third kappa shape index (κ3) is 4.70. The van der Waals surface area contributed by atoms with Crippen molar-refractivity contribution in [1.82, 2.24) is 14.3 Å². The van der Waals surface area contributed by atoms with Crippen LogP contribution >= 0.6 is 11.3 Å². The zero-order chi connectivity index (χ0) is 22.7. The Balaban J connectivity index is 0.000000628. The number of aromatic nitrogens is 3. The molecule has 4 rings (SSSR count). The van der Waals surface area contributed by atoms with Crippen LogP contribution in [0.2, 0.25) is 0 Å². The van der Waals surface area contributed by atoms with Gasteiger partial charge < -0.3 is 10.2 Å². The Labute approximate surface area is 180 Å². The van der Waals surface area contributed by atoms with Crippen LogP contribution < -0.4 is 5.56 Å². The van der Waals surface area contributed by atoms with Gasteiger partial charge in [0, 0.05) is 11.8 Å². The topological polar surface area (TPSA) is 155 Å². The van der Waals surface area contributed by atoms with Gasteiger partial charge in [-0.3, -0.25) is 9.36 Å². The first kappa shape index (κ1) is 21.9. The van der Waals surface area contributed by atoms with E-state index in [0.717, 1.165) is 16.8 Å². The molecule has 0 atom stereocenters. The number of aromatic carboxylic acids is 1. The number of benzene rings is 1. The fourth-order valence-corrected chi connectivity index (χ4v) is 3.91. The van der Waals surface area contributed by atoms with Crippen molar-refractivity contribution in [3.8, 4) is 11.4 Å². The van der Waals surface area contributed by atoms with E-state index in [1.807, 2.05) is 31.2 Å². The highest BCUT2D eigenvalue weighted by molar-refractivity contribution is 7.60. The van der Waals surface area contributed by atoms with Crippen LogP contribution in [0, 0.1) is 11.7 Å². The van der Waals surface area contributed by atoms with Gasteiger partial charge >= 0.3 is 16.5 Å². The van der Waals surface area contributed by atoms with Crippen LogP contribution in [-0.2, 0) is 17.0 Å². The first-order valence-corrected chi connectivity index (χ1v) is 10.6. The molecular weight excluding hydrogens is 444 g/mol. The molecule has 10 nitrogen and oxygen atoms in total. The molecule has 0 amide bonds. The van der Waals surface area contributed by atoms with E-state index in [-0.39, 0.29) is 12.1 Å². The van der Waals surface area contributed by atoms with Gasteiger partial charge in [0.25, 0.3) is 5.56 Å². The highest BCUT2D eigenvalue weighted by Gasteiger charge is 2.22. The number of hydrogen-bond acceptors (Lipinski definition) is 8. The number of hydrogen-bond donors (Lipinski definition) is 3. The molecule has 0 bridgehead atoms. The maximum Gasteiger partial charge on any atom is 0.341 e. The summed E-state index contributed by atoms with van der Waals surface area (Å²) in [5.41, 5.74) is 2.18. The summed E-state index contributed by atoms with van der Waals surface area (Å²) in [4.78, 5) is 24.0. The Morgan fingerprint density at radius 2 is 1.87 bits per heavy atom. The lowest BCUT2D eigenvalue weighted by atomic mass is 10.2. The van der Waals surface area contributed by atoms with Crippen molar-refractivity contribution in [3.05, 3.63) is 75.1 Å². The molecule has 3 heterocycles. The Hall–Kier alpha value is -3.77. The zero-order valence-corrected chi connectivity index (χ0v) is 17.6. The van der Waals surface area contributed by atoms with Crippen molar-refractivity contribution in [2.75, 3.05) is 0 Å². The second kappa shape index (κ2) is 8.93. The molecule has 160 valence electrons. The number of carboxylic acids is 1. The minimum Gasteiger partial charge on any atom is -0.502 e. The monoisotopic (exact) mass is 460 g/mol. The van der Waals surface area contributed by atoms with Gasteiger partial charge in [-0.1, -0.05) is 17.7 Å². The maximum atomic E-state index is 12.6. The zero-order valence-electron chi connectivity index (χ0n) is 16.0. The highest BCUT2D eigenvalue weighted by Crippen LogP contribution is 2.29. The molecule has 0 spiro atoms. The van der Waals surface area contributed by atoms with E-state index in [4.69, 9.17) is 13.2 Å². The summed E-state index contributed by atoms with van der Waals surface area (Å²) in [7, 11) is -2.61. The Morgan fingerprint density at radius 1 is 1.23 bits per heavy atom. The van der Waals surface area contributed by atoms with Crippen molar-refractivity contribution >= 4 is 38.0 Å². The fourth-order valence-electron chi connectivity index (χ4n) is 2.97. The second-order valence-electron chi connectivity index (χ2n) is 6.42. The third-order valence-electron chi connectivity index (χ3n) is 4.34. The van der Waals surface area contributed by atoms with Crippen molar-refractivity contribution in [2.45, 2.75) is 13.5 Å². The van der Waals surface area contributed by atoms with Gasteiger partial charge in [-0.2, -0.15) is 18.3 Å². The van der Waals surface area contributed by atoms with E-state index in [2.05, 4.69) is 5.10 Å². The van der Waals surface area contributed by atoms with E-state index in [9.17, 15) is 19.8 Å². The van der Waals surface area contributed by atoms with Gasteiger partial charge in [0.05, 0.1) is 28.6 Å². The predicted octanol–water partition coefficient (Wildman–Crippen LogP) is 2.64. The van der Waals surface area contributed by atoms with E-state index in [1.165, 1.54) is 15.9 Å². The van der Waals surface area contributed by atoms with E-state index < -0.39 is 27.8 Å². The van der Waals surface area contributed by atoms with E-state index in [0.29, 0.717) is 10.2 Å². The average molecular weight is 460 g/mol. The van der Waals surface area contributed by atoms with Crippen LogP contribution in [0.15, 0.2) is 52.9 Å². The van der Waals surface area contributed by atoms with E-state index in [1.54, 1.807) is 28.5 Å². The lowest BCUT2D eigenvalue weighted by Gasteiger charge is -2.09. The number of nitrogens with one attached hydrogen (secondary N) is 1. The number of rotatable bonds is 4. The molecule has 12 heteroatoms. The van der Waals surface area contributed by atoms with Gasteiger partial charge in [-0.15, -0.1) is 11.3 Å². The summed E-state index contributed by atoms with van der Waals surface area (Å²) >= 11 is 1.17. The molecule has 0 fully saturated rings. The van der Waals surface area contributed by atoms with Crippen molar-refractivity contribution < 1.29 is 23.4 Å². The van der Waals surface area contributed by atoms with Crippen LogP contribution in [0.5, 0.6) is 5.75 Å². The van der Waals surface area contributed by atoms with Crippen LogP contribution in [-0.4, -0.2) is 38.9 Å².